The van der Waals surface area contributed by atoms with Gasteiger partial charge in [-0.2, -0.15) is 0 Å². The number of benzene rings is 1. The van der Waals surface area contributed by atoms with Crippen LogP contribution in [0.2, 0.25) is 0 Å². The van der Waals surface area contributed by atoms with Crippen molar-refractivity contribution in [1.82, 2.24) is 0 Å². The van der Waals surface area contributed by atoms with Crippen LogP contribution in [-0.4, -0.2) is 18.7 Å². The molecule has 0 fully saturated rings. The van der Waals surface area contributed by atoms with E-state index in [-0.39, 0.29) is 18.5 Å². The maximum atomic E-state index is 11.7. The molecule has 0 amide bonds. The standard InChI is InChI=1S/C17H16O3/c1-2-19-17(18)11-16-14-9-4-3-7-12(14)13-8-5-6-10-15(13)20-16/h3-10,15H,2,11H2,1H3. The van der Waals surface area contributed by atoms with Gasteiger partial charge in [-0.1, -0.05) is 42.5 Å². The molecule has 0 spiro atoms. The first-order valence-electron chi connectivity index (χ1n) is 6.79. The molecular formula is C17H16O3. The highest BCUT2D eigenvalue weighted by molar-refractivity contribution is 5.79. The van der Waals surface area contributed by atoms with Crippen LogP contribution in [0.25, 0.3) is 11.3 Å². The zero-order valence-corrected chi connectivity index (χ0v) is 11.3. The van der Waals surface area contributed by atoms with E-state index in [1.165, 1.54) is 0 Å². The molecule has 1 heterocycles. The Morgan fingerprint density at radius 1 is 1.25 bits per heavy atom. The van der Waals surface area contributed by atoms with Crippen molar-refractivity contribution >= 4 is 17.3 Å². The van der Waals surface area contributed by atoms with E-state index in [1.54, 1.807) is 6.92 Å². The molecule has 3 heteroatoms. The average molecular weight is 268 g/mol. The van der Waals surface area contributed by atoms with Crippen molar-refractivity contribution in [3.05, 3.63) is 59.0 Å². The molecule has 1 aromatic carbocycles. The lowest BCUT2D eigenvalue weighted by Crippen LogP contribution is -2.38. The first kappa shape index (κ1) is 12.7. The summed E-state index contributed by atoms with van der Waals surface area (Å²) in [6, 6.07) is 8.01. The molecule has 1 aliphatic carbocycles. The Kier molecular flexibility index (Phi) is 3.42. The van der Waals surface area contributed by atoms with E-state index in [4.69, 9.17) is 9.47 Å². The highest BCUT2D eigenvalue weighted by Gasteiger charge is 2.22. The minimum Gasteiger partial charge on any atom is -0.485 e. The summed E-state index contributed by atoms with van der Waals surface area (Å²) < 4.78 is 11.0. The van der Waals surface area contributed by atoms with Crippen LogP contribution in [0.1, 0.15) is 13.3 Å². The summed E-state index contributed by atoms with van der Waals surface area (Å²) in [5.74, 6) is 0.434. The molecule has 0 saturated heterocycles. The summed E-state index contributed by atoms with van der Waals surface area (Å²) >= 11 is 0. The number of esters is 1. The second-order valence-corrected chi connectivity index (χ2v) is 4.69. The summed E-state index contributed by atoms with van der Waals surface area (Å²) in [4.78, 5) is 11.7. The molecule has 3 rings (SSSR count). The number of hydrogen-bond acceptors (Lipinski definition) is 3. The highest BCUT2D eigenvalue weighted by Crippen LogP contribution is 2.22. The van der Waals surface area contributed by atoms with Crippen LogP contribution in [0.3, 0.4) is 0 Å². The molecule has 0 N–H and O–H groups in total. The lowest BCUT2D eigenvalue weighted by Gasteiger charge is -2.25. The molecule has 3 nitrogen and oxygen atoms in total. The SMILES string of the molecule is CCOC(=O)CC1=c2ccccc2=C2C=CC=CC2O1. The molecule has 102 valence electrons. The van der Waals surface area contributed by atoms with Crippen LogP contribution >= 0.6 is 0 Å². The number of hydrogen-bond donors (Lipinski definition) is 0. The first-order valence-corrected chi connectivity index (χ1v) is 6.79. The lowest BCUT2D eigenvalue weighted by atomic mass is 9.97. The normalized spacial score (nSPS) is 19.1. The maximum Gasteiger partial charge on any atom is 0.313 e. The Labute approximate surface area is 117 Å². The van der Waals surface area contributed by atoms with Gasteiger partial charge in [0.15, 0.2) is 0 Å². The molecule has 2 aliphatic rings. The molecule has 1 aliphatic heterocycles. The monoisotopic (exact) mass is 268 g/mol. The number of carbonyl (C=O) groups is 1. The Morgan fingerprint density at radius 3 is 2.85 bits per heavy atom. The number of allylic oxidation sites excluding steroid dienone is 2. The summed E-state index contributed by atoms with van der Waals surface area (Å²) in [7, 11) is 0. The second kappa shape index (κ2) is 5.37. The molecular weight excluding hydrogens is 252 g/mol. The zero-order valence-electron chi connectivity index (χ0n) is 11.3. The number of fused-ring (bicyclic) bond motifs is 2. The van der Waals surface area contributed by atoms with Gasteiger partial charge in [-0.15, -0.1) is 0 Å². The molecule has 0 radical (unpaired) electrons. The van der Waals surface area contributed by atoms with Crippen molar-refractivity contribution in [3.63, 3.8) is 0 Å². The van der Waals surface area contributed by atoms with Crippen molar-refractivity contribution in [1.29, 1.82) is 0 Å². The Morgan fingerprint density at radius 2 is 2.05 bits per heavy atom. The molecule has 0 saturated carbocycles. The van der Waals surface area contributed by atoms with E-state index in [9.17, 15) is 4.79 Å². The van der Waals surface area contributed by atoms with Crippen LogP contribution in [0.5, 0.6) is 0 Å². The van der Waals surface area contributed by atoms with Gasteiger partial charge in [-0.25, -0.2) is 0 Å². The fourth-order valence-electron chi connectivity index (χ4n) is 2.54. The third-order valence-electron chi connectivity index (χ3n) is 3.40. The highest BCUT2D eigenvalue weighted by atomic mass is 16.5. The van der Waals surface area contributed by atoms with Gasteiger partial charge in [-0.05, 0) is 18.2 Å². The fraction of sp³-hybridized carbons (Fsp3) is 0.235. The smallest absolute Gasteiger partial charge is 0.313 e. The summed E-state index contributed by atoms with van der Waals surface area (Å²) in [6.07, 6.45) is 8.08. The van der Waals surface area contributed by atoms with Crippen molar-refractivity contribution < 1.29 is 14.3 Å². The van der Waals surface area contributed by atoms with E-state index in [0.29, 0.717) is 12.4 Å². The van der Waals surface area contributed by atoms with Gasteiger partial charge in [0.2, 0.25) is 0 Å². The summed E-state index contributed by atoms with van der Waals surface area (Å²) in [5, 5.41) is 2.11. The largest absolute Gasteiger partial charge is 0.485 e. The minimum absolute atomic E-state index is 0.112. The van der Waals surface area contributed by atoms with Crippen LogP contribution in [0.15, 0.2) is 48.6 Å². The van der Waals surface area contributed by atoms with Crippen molar-refractivity contribution in [2.45, 2.75) is 19.4 Å². The van der Waals surface area contributed by atoms with Gasteiger partial charge in [-0.3, -0.25) is 4.79 Å². The van der Waals surface area contributed by atoms with Gasteiger partial charge in [0.05, 0.1) is 6.61 Å². The topological polar surface area (TPSA) is 35.5 Å². The molecule has 1 aromatic rings. The maximum absolute atomic E-state index is 11.7. The molecule has 20 heavy (non-hydrogen) atoms. The molecule has 0 aromatic heterocycles. The van der Waals surface area contributed by atoms with Crippen molar-refractivity contribution in [2.75, 3.05) is 6.61 Å². The number of rotatable bonds is 3. The zero-order chi connectivity index (χ0) is 13.9. The first-order chi connectivity index (χ1) is 9.79. The predicted octanol–water partition coefficient (Wildman–Crippen LogP) is 1.42. The van der Waals surface area contributed by atoms with E-state index in [2.05, 4.69) is 12.1 Å². The second-order valence-electron chi connectivity index (χ2n) is 4.69. The van der Waals surface area contributed by atoms with Gasteiger partial charge < -0.3 is 9.47 Å². The van der Waals surface area contributed by atoms with Gasteiger partial charge in [0.25, 0.3) is 0 Å². The predicted molar refractivity (Wildman–Crippen MR) is 76.9 cm³/mol. The Balaban J connectivity index is 2.12. The number of ether oxygens (including phenoxy) is 2. The third kappa shape index (κ3) is 2.27. The van der Waals surface area contributed by atoms with Crippen molar-refractivity contribution in [2.24, 2.45) is 0 Å². The van der Waals surface area contributed by atoms with E-state index < -0.39 is 0 Å². The van der Waals surface area contributed by atoms with Crippen LogP contribution < -0.4 is 10.4 Å². The van der Waals surface area contributed by atoms with E-state index >= 15 is 0 Å². The van der Waals surface area contributed by atoms with Gasteiger partial charge in [0.1, 0.15) is 18.3 Å². The van der Waals surface area contributed by atoms with Crippen LogP contribution in [-0.2, 0) is 14.3 Å². The fourth-order valence-corrected chi connectivity index (χ4v) is 2.54. The van der Waals surface area contributed by atoms with Crippen LogP contribution in [0, 0.1) is 0 Å². The molecule has 1 unspecified atom stereocenters. The van der Waals surface area contributed by atoms with Gasteiger partial charge in [0, 0.05) is 10.8 Å². The molecule has 1 atom stereocenters. The quantitative estimate of drug-likeness (QED) is 0.778. The Hall–Kier alpha value is -2.29. The Bertz CT molecular complexity index is 710. The summed E-state index contributed by atoms with van der Waals surface area (Å²) in [6.45, 7) is 2.19. The van der Waals surface area contributed by atoms with Crippen molar-refractivity contribution in [3.8, 4) is 0 Å². The average Bonchev–Trinajstić information content (AvgIpc) is 2.48. The minimum atomic E-state index is -0.254. The molecule has 0 bridgehead atoms. The van der Waals surface area contributed by atoms with Gasteiger partial charge >= 0.3 is 5.97 Å². The number of carbonyl (C=O) groups excluding carboxylic acids is 1. The third-order valence-corrected chi connectivity index (χ3v) is 3.40. The van der Waals surface area contributed by atoms with E-state index in [0.717, 1.165) is 16.0 Å². The summed E-state index contributed by atoms with van der Waals surface area (Å²) in [5.41, 5.74) is 1.13. The van der Waals surface area contributed by atoms with Crippen LogP contribution in [0.4, 0.5) is 0 Å². The lowest BCUT2D eigenvalue weighted by molar-refractivity contribution is -0.142. The van der Waals surface area contributed by atoms with E-state index in [1.807, 2.05) is 36.4 Å².